The van der Waals surface area contributed by atoms with Gasteiger partial charge in [0, 0.05) is 37.4 Å². The normalized spacial score (nSPS) is 13.3. The Morgan fingerprint density at radius 3 is 2.43 bits per heavy atom. The molecule has 0 saturated carbocycles. The van der Waals surface area contributed by atoms with Crippen molar-refractivity contribution in [3.05, 3.63) is 83.1 Å². The fraction of sp³-hybridized carbons (Fsp3) is 0.231. The van der Waals surface area contributed by atoms with Crippen molar-refractivity contribution in [3.8, 4) is 11.5 Å². The molecule has 0 bridgehead atoms. The van der Waals surface area contributed by atoms with Crippen LogP contribution in [0.1, 0.15) is 5.56 Å². The highest BCUT2D eigenvalue weighted by Gasteiger charge is 2.21. The topological polar surface area (TPSA) is 54.0 Å². The van der Waals surface area contributed by atoms with Gasteiger partial charge < -0.3 is 24.6 Å². The van der Waals surface area contributed by atoms with E-state index in [1.165, 1.54) is 12.1 Å². The van der Waals surface area contributed by atoms with Gasteiger partial charge in [-0.05, 0) is 54.6 Å². The van der Waals surface area contributed by atoms with E-state index in [9.17, 15) is 9.18 Å². The van der Waals surface area contributed by atoms with E-state index in [-0.39, 0.29) is 18.3 Å². The van der Waals surface area contributed by atoms with E-state index in [0.717, 1.165) is 37.4 Å². The number of ether oxygens (including phenoxy) is 2. The highest BCUT2D eigenvalue weighted by molar-refractivity contribution is 7.80. The predicted molar refractivity (Wildman–Crippen MR) is 140 cm³/mol. The monoisotopic (exact) mass is 513 g/mol. The molecule has 9 heteroatoms. The van der Waals surface area contributed by atoms with Crippen molar-refractivity contribution in [1.29, 1.82) is 0 Å². The molecule has 1 heterocycles. The number of rotatable bonds is 7. The minimum atomic E-state index is -0.334. The minimum absolute atomic E-state index is 0.198. The lowest BCUT2D eigenvalue weighted by molar-refractivity contribution is -0.118. The SMILES string of the molecule is COc1cc(C(=S)N2CCN(c3ccc(F)cc3)CC2)ccc1OCC(=O)Nc1ccccc1Cl. The molecule has 0 aliphatic carbocycles. The van der Waals surface area contributed by atoms with Crippen molar-refractivity contribution in [2.24, 2.45) is 0 Å². The van der Waals surface area contributed by atoms with Crippen LogP contribution in [0.2, 0.25) is 5.02 Å². The van der Waals surface area contributed by atoms with Gasteiger partial charge in [0.25, 0.3) is 5.91 Å². The first-order chi connectivity index (χ1) is 16.9. The number of amides is 1. The number of carbonyl (C=O) groups is 1. The van der Waals surface area contributed by atoms with E-state index < -0.39 is 0 Å². The third-order valence-electron chi connectivity index (χ3n) is 5.68. The van der Waals surface area contributed by atoms with Crippen LogP contribution in [0.25, 0.3) is 0 Å². The number of halogens is 2. The third kappa shape index (κ3) is 6.21. The average molecular weight is 514 g/mol. The second kappa shape index (κ2) is 11.4. The molecule has 4 rings (SSSR count). The molecule has 0 atom stereocenters. The zero-order valence-electron chi connectivity index (χ0n) is 19.2. The van der Waals surface area contributed by atoms with Gasteiger partial charge in [-0.25, -0.2) is 4.39 Å². The average Bonchev–Trinajstić information content (AvgIpc) is 2.89. The lowest BCUT2D eigenvalue weighted by atomic mass is 10.1. The summed E-state index contributed by atoms with van der Waals surface area (Å²) in [4.78, 5) is 17.3. The second-order valence-electron chi connectivity index (χ2n) is 7.94. The number of nitrogens with one attached hydrogen (secondary N) is 1. The number of piperazine rings is 1. The number of hydrogen-bond acceptors (Lipinski definition) is 5. The van der Waals surface area contributed by atoms with E-state index in [1.807, 2.05) is 12.1 Å². The number of thiocarbonyl (C=S) groups is 1. The van der Waals surface area contributed by atoms with E-state index in [2.05, 4.69) is 15.1 Å². The van der Waals surface area contributed by atoms with E-state index >= 15 is 0 Å². The van der Waals surface area contributed by atoms with Crippen molar-refractivity contribution in [1.82, 2.24) is 4.90 Å². The summed E-state index contributed by atoms with van der Waals surface area (Å²) >= 11 is 11.8. The second-order valence-corrected chi connectivity index (χ2v) is 8.73. The van der Waals surface area contributed by atoms with Crippen LogP contribution in [0.3, 0.4) is 0 Å². The molecule has 0 aromatic heterocycles. The van der Waals surface area contributed by atoms with Crippen molar-refractivity contribution in [2.45, 2.75) is 0 Å². The van der Waals surface area contributed by atoms with Gasteiger partial charge in [0.2, 0.25) is 0 Å². The number of carbonyl (C=O) groups excluding carboxylic acids is 1. The van der Waals surface area contributed by atoms with Gasteiger partial charge in [-0.15, -0.1) is 0 Å². The predicted octanol–water partition coefficient (Wildman–Crippen LogP) is 5.00. The first-order valence-electron chi connectivity index (χ1n) is 11.1. The van der Waals surface area contributed by atoms with Crippen LogP contribution in [-0.4, -0.2) is 55.7 Å². The summed E-state index contributed by atoms with van der Waals surface area (Å²) in [5.41, 5.74) is 2.36. The van der Waals surface area contributed by atoms with Crippen LogP contribution in [0.4, 0.5) is 15.8 Å². The molecule has 35 heavy (non-hydrogen) atoms. The van der Waals surface area contributed by atoms with E-state index in [4.69, 9.17) is 33.3 Å². The van der Waals surface area contributed by atoms with Crippen molar-refractivity contribution in [3.63, 3.8) is 0 Å². The van der Waals surface area contributed by atoms with Crippen LogP contribution in [0.5, 0.6) is 11.5 Å². The molecule has 0 unspecified atom stereocenters. The smallest absolute Gasteiger partial charge is 0.262 e. The van der Waals surface area contributed by atoms with Gasteiger partial charge in [-0.3, -0.25) is 4.79 Å². The van der Waals surface area contributed by atoms with Gasteiger partial charge in [0.15, 0.2) is 18.1 Å². The molecule has 182 valence electrons. The first kappa shape index (κ1) is 24.8. The van der Waals surface area contributed by atoms with Crippen LogP contribution in [0, 0.1) is 5.82 Å². The number of benzene rings is 3. The molecule has 6 nitrogen and oxygen atoms in total. The molecule has 3 aromatic carbocycles. The standard InChI is InChI=1S/C26H25ClFN3O3S/c1-33-24-16-18(6-11-23(24)34-17-25(32)29-22-5-3-2-4-21(22)27)26(35)31-14-12-30(13-15-31)20-9-7-19(28)8-10-20/h2-11,16H,12-15,17H2,1H3,(H,29,32). The maximum absolute atomic E-state index is 13.2. The quantitative estimate of drug-likeness (QED) is 0.449. The Morgan fingerprint density at radius 2 is 1.74 bits per heavy atom. The molecule has 1 fully saturated rings. The molecule has 1 saturated heterocycles. The first-order valence-corrected chi connectivity index (χ1v) is 11.9. The molecule has 1 amide bonds. The Balaban J connectivity index is 1.34. The summed E-state index contributed by atoms with van der Waals surface area (Å²) < 4.78 is 24.4. The van der Waals surface area contributed by atoms with Crippen LogP contribution >= 0.6 is 23.8 Å². The Kier molecular flexibility index (Phi) is 8.05. The number of hydrogen-bond donors (Lipinski definition) is 1. The van der Waals surface area contributed by atoms with Crippen molar-refractivity contribution >= 4 is 46.1 Å². The summed E-state index contributed by atoms with van der Waals surface area (Å²) in [5, 5.41) is 3.18. The molecule has 0 spiro atoms. The maximum Gasteiger partial charge on any atom is 0.262 e. The number of nitrogens with zero attached hydrogens (tertiary/aromatic N) is 2. The van der Waals surface area contributed by atoms with Gasteiger partial charge in [-0.2, -0.15) is 0 Å². The van der Waals surface area contributed by atoms with Gasteiger partial charge in [0.05, 0.1) is 17.8 Å². The zero-order valence-corrected chi connectivity index (χ0v) is 20.7. The molecule has 3 aromatic rings. The molecule has 1 N–H and O–H groups in total. The van der Waals surface area contributed by atoms with E-state index in [1.54, 1.807) is 49.6 Å². The largest absolute Gasteiger partial charge is 0.493 e. The molecule has 0 radical (unpaired) electrons. The fourth-order valence-corrected chi connectivity index (χ4v) is 4.31. The third-order valence-corrected chi connectivity index (χ3v) is 6.50. The lowest BCUT2D eigenvalue weighted by Gasteiger charge is -2.37. The molecule has 1 aliphatic heterocycles. The Labute approximate surface area is 214 Å². The minimum Gasteiger partial charge on any atom is -0.493 e. The number of methoxy groups -OCH3 is 1. The maximum atomic E-state index is 13.2. The van der Waals surface area contributed by atoms with E-state index in [0.29, 0.717) is 27.2 Å². The molecular weight excluding hydrogens is 489 g/mol. The number of para-hydroxylation sites is 1. The molecule has 1 aliphatic rings. The zero-order chi connectivity index (χ0) is 24.8. The Hall–Kier alpha value is -3.36. The summed E-state index contributed by atoms with van der Waals surface area (Å²) in [5.74, 6) is 0.352. The van der Waals surface area contributed by atoms with Gasteiger partial charge in [-0.1, -0.05) is 36.0 Å². The highest BCUT2D eigenvalue weighted by atomic mass is 35.5. The fourth-order valence-electron chi connectivity index (χ4n) is 3.81. The Bertz CT molecular complexity index is 1200. The summed E-state index contributed by atoms with van der Waals surface area (Å²) in [6.07, 6.45) is 0. The van der Waals surface area contributed by atoms with Crippen LogP contribution in [0.15, 0.2) is 66.7 Å². The van der Waals surface area contributed by atoms with Crippen molar-refractivity contribution < 1.29 is 18.7 Å². The summed E-state index contributed by atoms with van der Waals surface area (Å²) in [6, 6.07) is 19.0. The summed E-state index contributed by atoms with van der Waals surface area (Å²) in [6.45, 7) is 2.87. The lowest BCUT2D eigenvalue weighted by Crippen LogP contribution is -2.48. The van der Waals surface area contributed by atoms with Gasteiger partial charge in [0.1, 0.15) is 10.8 Å². The Morgan fingerprint density at radius 1 is 1.03 bits per heavy atom. The van der Waals surface area contributed by atoms with Crippen LogP contribution in [-0.2, 0) is 4.79 Å². The highest BCUT2D eigenvalue weighted by Crippen LogP contribution is 2.29. The van der Waals surface area contributed by atoms with Crippen molar-refractivity contribution in [2.75, 3.05) is 50.1 Å². The number of anilines is 2. The van der Waals surface area contributed by atoms with Crippen LogP contribution < -0.4 is 19.7 Å². The summed E-state index contributed by atoms with van der Waals surface area (Å²) in [7, 11) is 1.54. The van der Waals surface area contributed by atoms with Gasteiger partial charge >= 0.3 is 0 Å². The molecular formula is C26H25ClFN3O3S.